The van der Waals surface area contributed by atoms with E-state index in [0.29, 0.717) is 16.9 Å². The van der Waals surface area contributed by atoms with Crippen LogP contribution in [-0.2, 0) is 13.6 Å². The van der Waals surface area contributed by atoms with E-state index in [9.17, 15) is 9.59 Å². The number of imidazole rings is 2. The van der Waals surface area contributed by atoms with Gasteiger partial charge in [-0.25, -0.2) is 4.79 Å². The van der Waals surface area contributed by atoms with Crippen molar-refractivity contribution >= 4 is 16.9 Å². The second-order valence-electron chi connectivity index (χ2n) is 7.88. The number of aryl methyl sites for hydroxylation is 3. The molecule has 7 heteroatoms. The normalized spacial score (nSPS) is 12.9. The molecule has 0 radical (unpaired) electrons. The van der Waals surface area contributed by atoms with Crippen LogP contribution in [0.25, 0.3) is 16.9 Å². The van der Waals surface area contributed by atoms with Gasteiger partial charge in [-0.1, -0.05) is 31.2 Å². The highest BCUT2D eigenvalue weighted by molar-refractivity contribution is 5.76. The molecule has 0 saturated heterocycles. The van der Waals surface area contributed by atoms with Crippen LogP contribution in [0.1, 0.15) is 48.8 Å². The van der Waals surface area contributed by atoms with Crippen molar-refractivity contribution < 1.29 is 0 Å². The number of fused-ring (bicyclic) bond motifs is 3. The Balaban J connectivity index is 2.09. The molecular formula is C22H27N5O2. The second kappa shape index (κ2) is 6.76. The number of hydrogen-bond donors (Lipinski definition) is 0. The molecule has 3 aromatic heterocycles. The maximum Gasteiger partial charge on any atom is 0.332 e. The lowest BCUT2D eigenvalue weighted by molar-refractivity contribution is 0.532. The summed E-state index contributed by atoms with van der Waals surface area (Å²) < 4.78 is 6.86. The van der Waals surface area contributed by atoms with Gasteiger partial charge in [0.05, 0.1) is 6.54 Å². The summed E-state index contributed by atoms with van der Waals surface area (Å²) in [6.45, 7) is 10.5. The molecule has 0 amide bonds. The topological polar surface area (TPSA) is 66.2 Å². The number of benzene rings is 1. The van der Waals surface area contributed by atoms with E-state index in [1.54, 1.807) is 7.05 Å². The van der Waals surface area contributed by atoms with Crippen LogP contribution in [0.4, 0.5) is 0 Å². The molecule has 3 heterocycles. The van der Waals surface area contributed by atoms with Crippen LogP contribution in [0.2, 0.25) is 0 Å². The standard InChI is InChI=1S/C22H27N5O2/c1-7-14(3)26-15(4)16(5)27-18-19(23-21(26)27)24(6)22(29)25(20(18)28)12-17-11-9-8-10-13(17)2/h8-11,14H,7,12H2,1-6H3/t14-/m1/s1. The highest BCUT2D eigenvalue weighted by Gasteiger charge is 2.24. The van der Waals surface area contributed by atoms with Crippen molar-refractivity contribution in [3.8, 4) is 0 Å². The molecule has 1 aromatic carbocycles. The largest absolute Gasteiger partial charge is 0.332 e. The van der Waals surface area contributed by atoms with Crippen molar-refractivity contribution in [2.45, 2.75) is 53.6 Å². The molecule has 0 aliphatic rings. The summed E-state index contributed by atoms with van der Waals surface area (Å²) in [6, 6.07) is 8.06. The molecule has 7 nitrogen and oxygen atoms in total. The van der Waals surface area contributed by atoms with Crippen LogP contribution in [0.3, 0.4) is 0 Å². The fourth-order valence-corrected chi connectivity index (χ4v) is 4.08. The Hall–Kier alpha value is -3.09. The molecule has 0 N–H and O–H groups in total. The Kier molecular flexibility index (Phi) is 4.48. The molecule has 0 aliphatic carbocycles. The Morgan fingerprint density at radius 2 is 1.76 bits per heavy atom. The minimum Gasteiger partial charge on any atom is -0.311 e. The van der Waals surface area contributed by atoms with Gasteiger partial charge in [-0.15, -0.1) is 0 Å². The van der Waals surface area contributed by atoms with Crippen LogP contribution in [-0.4, -0.2) is 23.1 Å². The maximum atomic E-state index is 13.5. The van der Waals surface area contributed by atoms with E-state index in [4.69, 9.17) is 4.98 Å². The maximum absolute atomic E-state index is 13.5. The van der Waals surface area contributed by atoms with Crippen LogP contribution >= 0.6 is 0 Å². The number of rotatable bonds is 4. The smallest absolute Gasteiger partial charge is 0.311 e. The molecule has 0 saturated carbocycles. The zero-order valence-corrected chi connectivity index (χ0v) is 17.9. The molecule has 152 valence electrons. The van der Waals surface area contributed by atoms with Gasteiger partial charge < -0.3 is 4.57 Å². The molecule has 29 heavy (non-hydrogen) atoms. The molecule has 1 atom stereocenters. The fraction of sp³-hybridized carbons (Fsp3) is 0.409. The van der Waals surface area contributed by atoms with Gasteiger partial charge in [0.2, 0.25) is 5.78 Å². The van der Waals surface area contributed by atoms with Crippen molar-refractivity contribution in [1.29, 1.82) is 0 Å². The summed E-state index contributed by atoms with van der Waals surface area (Å²) in [7, 11) is 1.68. The Morgan fingerprint density at radius 3 is 2.41 bits per heavy atom. The molecule has 0 spiro atoms. The lowest BCUT2D eigenvalue weighted by atomic mass is 10.1. The van der Waals surface area contributed by atoms with Crippen LogP contribution in [0.5, 0.6) is 0 Å². The van der Waals surface area contributed by atoms with Gasteiger partial charge in [0.25, 0.3) is 5.56 Å². The van der Waals surface area contributed by atoms with E-state index < -0.39 is 0 Å². The third-order valence-corrected chi connectivity index (χ3v) is 6.18. The first-order valence-electron chi connectivity index (χ1n) is 10.0. The summed E-state index contributed by atoms with van der Waals surface area (Å²) in [4.78, 5) is 31.2. The van der Waals surface area contributed by atoms with Gasteiger partial charge in [-0.05, 0) is 45.2 Å². The Labute approximate surface area is 168 Å². The van der Waals surface area contributed by atoms with Gasteiger partial charge in [0, 0.05) is 24.5 Å². The molecule has 0 fully saturated rings. The minimum atomic E-state index is -0.351. The summed E-state index contributed by atoms with van der Waals surface area (Å²) >= 11 is 0. The lowest BCUT2D eigenvalue weighted by Crippen LogP contribution is -2.39. The average molecular weight is 393 g/mol. The molecule has 0 unspecified atom stereocenters. The fourth-order valence-electron chi connectivity index (χ4n) is 4.08. The first kappa shape index (κ1) is 19.2. The first-order chi connectivity index (χ1) is 13.8. The number of aromatic nitrogens is 5. The summed E-state index contributed by atoms with van der Waals surface area (Å²) in [6.07, 6.45) is 0.949. The highest BCUT2D eigenvalue weighted by Crippen LogP contribution is 2.25. The lowest BCUT2D eigenvalue weighted by Gasteiger charge is -2.13. The zero-order valence-electron chi connectivity index (χ0n) is 17.9. The SMILES string of the molecule is CC[C@@H](C)n1c(C)c(C)n2c3c(=O)n(Cc4ccccc4C)c(=O)n(C)c3nc12. The second-order valence-corrected chi connectivity index (χ2v) is 7.88. The van der Waals surface area contributed by atoms with Gasteiger partial charge >= 0.3 is 5.69 Å². The van der Waals surface area contributed by atoms with E-state index in [2.05, 4.69) is 25.3 Å². The van der Waals surface area contributed by atoms with E-state index in [-0.39, 0.29) is 23.8 Å². The summed E-state index contributed by atoms with van der Waals surface area (Å²) in [5.74, 6) is 0.713. The monoisotopic (exact) mass is 393 g/mol. The van der Waals surface area contributed by atoms with Crippen molar-refractivity contribution in [3.63, 3.8) is 0 Å². The van der Waals surface area contributed by atoms with E-state index in [1.807, 2.05) is 42.5 Å². The average Bonchev–Trinajstić information content (AvgIpc) is 3.20. The third kappa shape index (κ3) is 2.68. The van der Waals surface area contributed by atoms with Crippen LogP contribution in [0.15, 0.2) is 33.9 Å². The van der Waals surface area contributed by atoms with Gasteiger partial charge in [0.1, 0.15) is 0 Å². The molecule has 4 aromatic rings. The number of nitrogens with zero attached hydrogens (tertiary/aromatic N) is 5. The van der Waals surface area contributed by atoms with Crippen molar-refractivity contribution in [2.75, 3.05) is 0 Å². The first-order valence-corrected chi connectivity index (χ1v) is 10.0. The van der Waals surface area contributed by atoms with E-state index in [0.717, 1.165) is 28.9 Å². The molecular weight excluding hydrogens is 366 g/mol. The van der Waals surface area contributed by atoms with Gasteiger partial charge in [0.15, 0.2) is 11.2 Å². The van der Waals surface area contributed by atoms with Crippen LogP contribution < -0.4 is 11.2 Å². The predicted molar refractivity (Wildman–Crippen MR) is 115 cm³/mol. The third-order valence-electron chi connectivity index (χ3n) is 6.18. The highest BCUT2D eigenvalue weighted by atomic mass is 16.2. The van der Waals surface area contributed by atoms with Gasteiger partial charge in [-0.2, -0.15) is 4.98 Å². The van der Waals surface area contributed by atoms with Crippen molar-refractivity contribution in [3.05, 3.63) is 67.6 Å². The number of hydrogen-bond acceptors (Lipinski definition) is 3. The summed E-state index contributed by atoms with van der Waals surface area (Å²) in [5, 5.41) is 0. The van der Waals surface area contributed by atoms with E-state index >= 15 is 0 Å². The molecule has 0 aliphatic heterocycles. The van der Waals surface area contributed by atoms with Crippen molar-refractivity contribution in [2.24, 2.45) is 7.05 Å². The van der Waals surface area contributed by atoms with Gasteiger partial charge in [-0.3, -0.25) is 18.3 Å². The minimum absolute atomic E-state index is 0.242. The zero-order chi connectivity index (χ0) is 21.0. The quantitative estimate of drug-likeness (QED) is 0.535. The van der Waals surface area contributed by atoms with E-state index in [1.165, 1.54) is 9.13 Å². The predicted octanol–water partition coefficient (Wildman–Crippen LogP) is 3.09. The molecule has 4 rings (SSSR count). The van der Waals surface area contributed by atoms with Crippen molar-refractivity contribution in [1.82, 2.24) is 23.1 Å². The Morgan fingerprint density at radius 1 is 1.07 bits per heavy atom. The molecule has 0 bridgehead atoms. The van der Waals surface area contributed by atoms with Crippen LogP contribution in [0, 0.1) is 20.8 Å². The Bertz CT molecular complexity index is 1370. The summed E-state index contributed by atoms with van der Waals surface area (Å²) in [5.41, 5.74) is 4.30.